The predicted molar refractivity (Wildman–Crippen MR) is 114 cm³/mol. The normalized spacial score (nSPS) is 18.7. The molecule has 2 aromatic rings. The van der Waals surface area contributed by atoms with Crippen molar-refractivity contribution in [2.45, 2.75) is 44.8 Å². The average Bonchev–Trinajstić information content (AvgIpc) is 3.29. The Morgan fingerprint density at radius 3 is 2.79 bits per heavy atom. The SMILES string of the molecule is O=C(O)c1ccc(CCCC2=CC[C@@H](O)[C@@H]2CCOc2cc(Cl)cc(CO)c2)s1. The Kier molecular flexibility index (Phi) is 7.72. The highest BCUT2D eigenvalue weighted by molar-refractivity contribution is 7.13. The Hall–Kier alpha value is -1.86. The summed E-state index contributed by atoms with van der Waals surface area (Å²) in [6.07, 6.45) is 5.74. The number of carboxylic acid groups (broad SMARTS) is 1. The molecular weight excluding hydrogens is 412 g/mol. The first-order valence-corrected chi connectivity index (χ1v) is 10.9. The second-order valence-electron chi connectivity index (χ2n) is 7.20. The first kappa shape index (κ1) is 21.8. The minimum Gasteiger partial charge on any atom is -0.494 e. The molecule has 1 aromatic carbocycles. The van der Waals surface area contributed by atoms with Gasteiger partial charge in [0.05, 0.1) is 19.3 Å². The summed E-state index contributed by atoms with van der Waals surface area (Å²) in [5.41, 5.74) is 1.95. The van der Waals surface area contributed by atoms with Crippen molar-refractivity contribution in [2.75, 3.05) is 6.61 Å². The zero-order valence-corrected chi connectivity index (χ0v) is 17.6. The third kappa shape index (κ3) is 6.06. The standard InChI is InChI=1S/C22H25ClO5S/c23-16-10-14(13-24)11-17(12-16)28-9-8-19-15(4-6-20(19)25)2-1-3-18-5-7-21(29-18)22(26)27/h4-5,7,10-12,19-20,24-25H,1-3,6,8-9,13H2,(H,26,27)/t19-,20-/m1/s1. The Morgan fingerprint density at radius 2 is 2.07 bits per heavy atom. The van der Waals surface area contributed by atoms with Gasteiger partial charge in [-0.2, -0.15) is 0 Å². The quantitative estimate of drug-likeness (QED) is 0.470. The monoisotopic (exact) mass is 436 g/mol. The maximum absolute atomic E-state index is 11.0. The van der Waals surface area contributed by atoms with Crippen LogP contribution in [-0.4, -0.2) is 34.0 Å². The average molecular weight is 437 g/mol. The number of aryl methyl sites for hydroxylation is 1. The van der Waals surface area contributed by atoms with Gasteiger partial charge in [-0.3, -0.25) is 0 Å². The minimum absolute atomic E-state index is 0.0735. The van der Waals surface area contributed by atoms with Crippen molar-refractivity contribution in [3.8, 4) is 5.75 Å². The molecule has 29 heavy (non-hydrogen) atoms. The maximum atomic E-state index is 11.0. The lowest BCUT2D eigenvalue weighted by molar-refractivity contribution is 0.0702. The fourth-order valence-electron chi connectivity index (χ4n) is 3.69. The van der Waals surface area contributed by atoms with E-state index in [0.717, 1.165) is 24.1 Å². The molecule has 5 nitrogen and oxygen atoms in total. The van der Waals surface area contributed by atoms with Crippen molar-refractivity contribution in [3.05, 3.63) is 62.3 Å². The van der Waals surface area contributed by atoms with Crippen LogP contribution in [0.15, 0.2) is 42.0 Å². The predicted octanol–water partition coefficient (Wildman–Crippen LogP) is 4.69. The number of carboxylic acids is 1. The Morgan fingerprint density at radius 1 is 1.24 bits per heavy atom. The molecule has 0 radical (unpaired) electrons. The van der Waals surface area contributed by atoms with E-state index in [0.29, 0.717) is 40.7 Å². The van der Waals surface area contributed by atoms with Gasteiger partial charge in [0.2, 0.25) is 0 Å². The van der Waals surface area contributed by atoms with Crippen LogP contribution in [0.5, 0.6) is 5.75 Å². The van der Waals surface area contributed by atoms with Gasteiger partial charge in [0, 0.05) is 15.8 Å². The number of aliphatic hydroxyl groups is 2. The van der Waals surface area contributed by atoms with Crippen LogP contribution in [0.4, 0.5) is 0 Å². The van der Waals surface area contributed by atoms with Crippen LogP contribution in [0.2, 0.25) is 5.02 Å². The molecule has 2 atom stereocenters. The van der Waals surface area contributed by atoms with Crippen LogP contribution in [0.25, 0.3) is 0 Å². The van der Waals surface area contributed by atoms with Crippen LogP contribution < -0.4 is 4.74 Å². The van der Waals surface area contributed by atoms with E-state index in [1.807, 2.05) is 6.07 Å². The molecule has 1 heterocycles. The fraction of sp³-hybridized carbons (Fsp3) is 0.409. The fourth-order valence-corrected chi connectivity index (χ4v) is 4.83. The van der Waals surface area contributed by atoms with Crippen molar-refractivity contribution in [2.24, 2.45) is 5.92 Å². The third-order valence-electron chi connectivity index (χ3n) is 5.13. The summed E-state index contributed by atoms with van der Waals surface area (Å²) in [7, 11) is 0. The zero-order chi connectivity index (χ0) is 20.8. The summed E-state index contributed by atoms with van der Waals surface area (Å²) in [5.74, 6) is -0.190. The number of aliphatic hydroxyl groups excluding tert-OH is 2. The lowest BCUT2D eigenvalue weighted by Gasteiger charge is -2.19. The molecular formula is C22H25ClO5S. The smallest absolute Gasteiger partial charge is 0.345 e. The van der Waals surface area contributed by atoms with Gasteiger partial charge >= 0.3 is 5.97 Å². The molecule has 1 aromatic heterocycles. The topological polar surface area (TPSA) is 87.0 Å². The van der Waals surface area contributed by atoms with Crippen LogP contribution in [-0.2, 0) is 13.0 Å². The van der Waals surface area contributed by atoms with Crippen molar-refractivity contribution in [1.82, 2.24) is 0 Å². The molecule has 0 saturated heterocycles. The zero-order valence-electron chi connectivity index (χ0n) is 16.0. The van der Waals surface area contributed by atoms with E-state index in [9.17, 15) is 15.0 Å². The van der Waals surface area contributed by atoms with Crippen LogP contribution >= 0.6 is 22.9 Å². The second-order valence-corrected chi connectivity index (χ2v) is 8.81. The van der Waals surface area contributed by atoms with Crippen molar-refractivity contribution >= 4 is 28.9 Å². The molecule has 0 unspecified atom stereocenters. The number of hydrogen-bond acceptors (Lipinski definition) is 5. The Labute approximate surface area is 179 Å². The van der Waals surface area contributed by atoms with Crippen molar-refractivity contribution in [3.63, 3.8) is 0 Å². The van der Waals surface area contributed by atoms with E-state index in [1.54, 1.807) is 24.3 Å². The highest BCUT2D eigenvalue weighted by Crippen LogP contribution is 2.33. The van der Waals surface area contributed by atoms with Gasteiger partial charge in [-0.1, -0.05) is 23.3 Å². The van der Waals surface area contributed by atoms with E-state index in [-0.39, 0.29) is 18.6 Å². The highest BCUT2D eigenvalue weighted by atomic mass is 35.5. The molecule has 1 aliphatic rings. The lowest BCUT2D eigenvalue weighted by atomic mass is 9.92. The number of thiophene rings is 1. The number of carbonyl (C=O) groups is 1. The number of benzene rings is 1. The minimum atomic E-state index is -0.881. The number of ether oxygens (including phenoxy) is 1. The first-order valence-electron chi connectivity index (χ1n) is 9.68. The second kappa shape index (κ2) is 10.3. The first-order chi connectivity index (χ1) is 14.0. The molecule has 0 spiro atoms. The lowest BCUT2D eigenvalue weighted by Crippen LogP contribution is -2.19. The molecule has 156 valence electrons. The van der Waals surface area contributed by atoms with Gasteiger partial charge in [0.15, 0.2) is 0 Å². The number of halogens is 1. The number of aromatic carboxylic acids is 1. The van der Waals surface area contributed by atoms with Gasteiger partial charge in [-0.15, -0.1) is 11.3 Å². The van der Waals surface area contributed by atoms with Crippen molar-refractivity contribution < 1.29 is 24.9 Å². The van der Waals surface area contributed by atoms with Gasteiger partial charge in [-0.05, 0) is 68.0 Å². The molecule has 3 rings (SSSR count). The van der Waals surface area contributed by atoms with Crippen LogP contribution in [0, 0.1) is 5.92 Å². The van der Waals surface area contributed by atoms with E-state index < -0.39 is 5.97 Å². The summed E-state index contributed by atoms with van der Waals surface area (Å²) < 4.78 is 5.80. The summed E-state index contributed by atoms with van der Waals surface area (Å²) in [5, 5.41) is 29.1. The molecule has 0 aliphatic heterocycles. The van der Waals surface area contributed by atoms with E-state index in [1.165, 1.54) is 16.9 Å². The number of rotatable bonds is 10. The maximum Gasteiger partial charge on any atom is 0.345 e. The van der Waals surface area contributed by atoms with Crippen molar-refractivity contribution in [1.29, 1.82) is 0 Å². The summed E-state index contributed by atoms with van der Waals surface area (Å²) in [6.45, 7) is 0.362. The molecule has 0 amide bonds. The summed E-state index contributed by atoms with van der Waals surface area (Å²) in [6, 6.07) is 8.71. The van der Waals surface area contributed by atoms with E-state index in [4.69, 9.17) is 21.4 Å². The molecule has 0 bridgehead atoms. The third-order valence-corrected chi connectivity index (χ3v) is 6.49. The van der Waals surface area contributed by atoms with Gasteiger partial charge in [0.25, 0.3) is 0 Å². The summed E-state index contributed by atoms with van der Waals surface area (Å²) >= 11 is 7.36. The molecule has 3 N–H and O–H groups in total. The molecule has 0 fully saturated rings. The Bertz CT molecular complexity index is 876. The summed E-state index contributed by atoms with van der Waals surface area (Å²) in [4.78, 5) is 12.4. The van der Waals surface area contributed by atoms with Gasteiger partial charge < -0.3 is 20.1 Å². The highest BCUT2D eigenvalue weighted by Gasteiger charge is 2.27. The Balaban J connectivity index is 1.47. The molecule has 0 saturated carbocycles. The van der Waals surface area contributed by atoms with E-state index >= 15 is 0 Å². The van der Waals surface area contributed by atoms with E-state index in [2.05, 4.69) is 6.08 Å². The molecule has 7 heteroatoms. The van der Waals surface area contributed by atoms with Gasteiger partial charge in [0.1, 0.15) is 10.6 Å². The van der Waals surface area contributed by atoms with Gasteiger partial charge in [-0.25, -0.2) is 4.79 Å². The van der Waals surface area contributed by atoms with Crippen LogP contribution in [0.3, 0.4) is 0 Å². The molecule has 1 aliphatic carbocycles. The van der Waals surface area contributed by atoms with Crippen LogP contribution in [0.1, 0.15) is 45.8 Å². The largest absolute Gasteiger partial charge is 0.494 e. The number of hydrogen-bond donors (Lipinski definition) is 3.